The Balaban J connectivity index is 1.08. The Morgan fingerprint density at radius 1 is 0.262 bits per heavy atom. The van der Waals surface area contributed by atoms with Crippen LogP contribution in [0.5, 0.6) is 0 Å². The fraction of sp³-hybridized carbons (Fsp3) is 0. The largest absolute Gasteiger partial charge is 0.308 e. The average molecular weight is 1070 g/mol. The number of aromatic nitrogens is 4. The van der Waals surface area contributed by atoms with Crippen LogP contribution in [-0.2, 0) is 0 Å². The van der Waals surface area contributed by atoms with Gasteiger partial charge in [-0.1, -0.05) is 133 Å². The quantitative estimate of drug-likeness (QED) is 0.139. The summed E-state index contributed by atoms with van der Waals surface area (Å²) in [5.74, 6) is 0.446. The molecule has 0 saturated heterocycles. The van der Waals surface area contributed by atoms with Crippen molar-refractivity contribution in [2.24, 2.45) is 0 Å². The lowest BCUT2D eigenvalue weighted by atomic mass is 9.99. The predicted octanol–water partition coefficient (Wildman–Crippen LogP) is 17.7. The maximum Gasteiger partial charge on any atom is 0.162 e. The number of rotatable bonds is 9. The highest BCUT2D eigenvalue weighted by atomic mass is 15.0. The summed E-state index contributed by atoms with van der Waals surface area (Å²) in [5.41, 5.74) is 19.1. The van der Waals surface area contributed by atoms with Crippen molar-refractivity contribution < 1.29 is 0 Å². The summed E-state index contributed by atoms with van der Waals surface area (Å²) >= 11 is 0. The topological polar surface area (TPSA) is 155 Å². The minimum Gasteiger partial charge on any atom is -0.308 e. The van der Waals surface area contributed by atoms with E-state index in [0.717, 1.165) is 111 Å². The third kappa shape index (κ3) is 8.72. The summed E-state index contributed by atoms with van der Waals surface area (Å²) in [5, 5.41) is 54.2. The third-order valence-corrected chi connectivity index (χ3v) is 15.7. The lowest BCUT2D eigenvalue weighted by Gasteiger charge is -2.19. The highest BCUT2D eigenvalue weighted by Gasteiger charge is 2.25. The van der Waals surface area contributed by atoms with E-state index in [9.17, 15) is 26.3 Å². The molecule has 0 aliphatic heterocycles. The standard InChI is InChI=1S/C75H41N9/c76-42-47-11-19-51(20-12-47)57-27-31-69-62(35-57)63-36-58(52-21-13-48(43-77)14-22-52)28-32-70(63)83(69)73-40-66(75-81-67(55-7-3-1-4-8-55)41-68(82-75)56-9-5-2-6-10-56)74(39-61(73)46-80)84-71-33-29-59(53-23-15-49(44-78)16-24-53)37-64(71)65-38-60(30-34-72(65)84)54-25-17-50(45-79)18-26-54/h1-41H. The van der Waals surface area contributed by atoms with E-state index in [1.54, 1.807) is 0 Å². The lowest BCUT2D eigenvalue weighted by molar-refractivity contribution is 1.11. The summed E-state index contributed by atoms with van der Waals surface area (Å²) < 4.78 is 4.39. The molecule has 11 aromatic carbocycles. The van der Waals surface area contributed by atoms with Crippen molar-refractivity contribution in [2.45, 2.75) is 0 Å². The van der Waals surface area contributed by atoms with Crippen LogP contribution < -0.4 is 0 Å². The number of fused-ring (bicyclic) bond motifs is 6. The Bertz CT molecular complexity index is 4910. The van der Waals surface area contributed by atoms with E-state index in [2.05, 4.69) is 118 Å². The van der Waals surface area contributed by atoms with Gasteiger partial charge in [0.2, 0.25) is 0 Å². The van der Waals surface area contributed by atoms with Gasteiger partial charge >= 0.3 is 0 Å². The molecule has 0 amide bonds. The van der Waals surface area contributed by atoms with E-state index >= 15 is 0 Å². The summed E-state index contributed by atoms with van der Waals surface area (Å²) in [6.07, 6.45) is 0. The molecular formula is C75H41N9. The van der Waals surface area contributed by atoms with Crippen LogP contribution in [0.3, 0.4) is 0 Å². The molecule has 0 unspecified atom stereocenters. The summed E-state index contributed by atoms with van der Waals surface area (Å²) in [6, 6.07) is 93.7. The molecule has 9 nitrogen and oxygen atoms in total. The van der Waals surface area contributed by atoms with Gasteiger partial charge in [-0.2, -0.15) is 26.3 Å². The van der Waals surface area contributed by atoms with Gasteiger partial charge in [-0.15, -0.1) is 0 Å². The van der Waals surface area contributed by atoms with Crippen LogP contribution in [0.4, 0.5) is 0 Å². The Morgan fingerprint density at radius 2 is 0.571 bits per heavy atom. The van der Waals surface area contributed by atoms with Gasteiger partial charge in [-0.25, -0.2) is 9.97 Å². The van der Waals surface area contributed by atoms with E-state index in [4.69, 9.17) is 9.97 Å². The van der Waals surface area contributed by atoms with E-state index in [-0.39, 0.29) is 0 Å². The van der Waals surface area contributed by atoms with Crippen molar-refractivity contribution in [1.29, 1.82) is 26.3 Å². The fourth-order valence-corrected chi connectivity index (χ4v) is 11.5. The van der Waals surface area contributed by atoms with E-state index < -0.39 is 0 Å². The molecule has 0 atom stereocenters. The van der Waals surface area contributed by atoms with Gasteiger partial charge in [-0.3, -0.25) is 0 Å². The van der Waals surface area contributed by atoms with E-state index in [0.29, 0.717) is 50.6 Å². The number of nitriles is 5. The van der Waals surface area contributed by atoms with Crippen LogP contribution in [0.2, 0.25) is 0 Å². The average Bonchev–Trinajstić information content (AvgIpc) is 3.52. The fourth-order valence-electron chi connectivity index (χ4n) is 11.5. The molecule has 14 aromatic rings. The zero-order valence-electron chi connectivity index (χ0n) is 44.7. The number of benzene rings is 11. The van der Waals surface area contributed by atoms with Gasteiger partial charge in [0, 0.05) is 38.2 Å². The monoisotopic (exact) mass is 1070 g/mol. The Labute approximate surface area is 483 Å². The van der Waals surface area contributed by atoms with E-state index in [1.807, 2.05) is 170 Å². The Morgan fingerprint density at radius 3 is 0.881 bits per heavy atom. The van der Waals surface area contributed by atoms with Crippen molar-refractivity contribution in [2.75, 3.05) is 0 Å². The molecule has 386 valence electrons. The van der Waals surface area contributed by atoms with Crippen molar-refractivity contribution in [3.05, 3.63) is 277 Å². The third-order valence-electron chi connectivity index (χ3n) is 15.7. The minimum atomic E-state index is 0.404. The Hall–Kier alpha value is -12.5. The van der Waals surface area contributed by atoms with Crippen molar-refractivity contribution in [1.82, 2.24) is 19.1 Å². The molecule has 0 spiro atoms. The van der Waals surface area contributed by atoms with Crippen LogP contribution in [0.15, 0.2) is 249 Å². The first kappa shape index (κ1) is 49.8. The van der Waals surface area contributed by atoms with Gasteiger partial charge in [0.05, 0.1) is 96.9 Å². The molecule has 0 N–H and O–H groups in total. The molecule has 0 saturated carbocycles. The molecule has 0 aliphatic carbocycles. The molecule has 0 aliphatic rings. The summed E-state index contributed by atoms with van der Waals surface area (Å²) in [6.45, 7) is 0. The minimum absolute atomic E-state index is 0.404. The summed E-state index contributed by atoms with van der Waals surface area (Å²) in [7, 11) is 0. The first-order chi connectivity index (χ1) is 41.4. The van der Waals surface area contributed by atoms with Crippen molar-refractivity contribution >= 4 is 43.6 Å². The van der Waals surface area contributed by atoms with Crippen molar-refractivity contribution in [3.63, 3.8) is 0 Å². The van der Waals surface area contributed by atoms with Gasteiger partial charge in [0.1, 0.15) is 6.07 Å². The second kappa shape index (κ2) is 20.7. The van der Waals surface area contributed by atoms with Gasteiger partial charge in [0.15, 0.2) is 5.82 Å². The highest BCUT2D eigenvalue weighted by molar-refractivity contribution is 6.14. The first-order valence-electron chi connectivity index (χ1n) is 27.1. The SMILES string of the molecule is N#Cc1ccc(-c2ccc3c(c2)c2cc(-c4ccc(C#N)cc4)ccc2n3-c2cc(-c3nc(-c4ccccc4)cc(-c4ccccc4)n3)c(-n3c4ccc(-c5ccc(C#N)cc5)cc4c4cc(-c5ccc(C#N)cc5)ccc43)cc2C#N)cc1. The molecule has 3 aromatic heterocycles. The van der Waals surface area contributed by atoms with Crippen LogP contribution in [0.1, 0.15) is 27.8 Å². The maximum absolute atomic E-state index is 11.7. The molecule has 0 bridgehead atoms. The second-order valence-electron chi connectivity index (χ2n) is 20.5. The summed E-state index contributed by atoms with van der Waals surface area (Å²) in [4.78, 5) is 11.0. The maximum atomic E-state index is 11.7. The molecule has 14 rings (SSSR count). The van der Waals surface area contributed by atoms with Crippen LogP contribution in [0, 0.1) is 56.7 Å². The van der Waals surface area contributed by atoms with E-state index in [1.165, 1.54) is 0 Å². The van der Waals surface area contributed by atoms with Crippen molar-refractivity contribution in [3.8, 4) is 120 Å². The van der Waals surface area contributed by atoms with Gasteiger partial charge in [0.25, 0.3) is 0 Å². The highest BCUT2D eigenvalue weighted by Crippen LogP contribution is 2.44. The van der Waals surface area contributed by atoms with Gasteiger partial charge < -0.3 is 9.13 Å². The Kier molecular flexibility index (Phi) is 12.2. The molecule has 0 radical (unpaired) electrons. The number of hydrogen-bond acceptors (Lipinski definition) is 7. The predicted molar refractivity (Wildman–Crippen MR) is 332 cm³/mol. The molecule has 0 fully saturated rings. The molecule has 84 heavy (non-hydrogen) atoms. The number of nitrogens with zero attached hydrogens (tertiary/aromatic N) is 9. The molecule has 3 heterocycles. The van der Waals surface area contributed by atoms with Gasteiger partial charge in [-0.05, 0) is 160 Å². The lowest BCUT2D eigenvalue weighted by Crippen LogP contribution is -2.06. The number of hydrogen-bond donors (Lipinski definition) is 0. The molecule has 9 heteroatoms. The van der Waals surface area contributed by atoms with Crippen LogP contribution in [-0.4, -0.2) is 19.1 Å². The molecular weight excluding hydrogens is 1030 g/mol. The van der Waals surface area contributed by atoms with Crippen LogP contribution >= 0.6 is 0 Å². The second-order valence-corrected chi connectivity index (χ2v) is 20.5. The first-order valence-corrected chi connectivity index (χ1v) is 27.1. The zero-order valence-corrected chi connectivity index (χ0v) is 44.7. The van der Waals surface area contributed by atoms with Crippen LogP contribution in [0.25, 0.3) is 133 Å². The zero-order chi connectivity index (χ0) is 56.8. The normalized spacial score (nSPS) is 11.0. The smallest absolute Gasteiger partial charge is 0.162 e.